The molecule has 3 rings (SSSR count). The maximum Gasteiger partial charge on any atom is 0.271 e. The van der Waals surface area contributed by atoms with Gasteiger partial charge in [0.15, 0.2) is 12.5 Å². The van der Waals surface area contributed by atoms with Crippen molar-refractivity contribution in [2.45, 2.75) is 13.1 Å². The van der Waals surface area contributed by atoms with Gasteiger partial charge in [0.1, 0.15) is 6.34 Å². The summed E-state index contributed by atoms with van der Waals surface area (Å²) in [4.78, 5) is 26.9. The number of carbonyl (C=O) groups excluding carboxylic acids is 2. The average molecular weight is 299 g/mol. The molecule has 0 spiro atoms. The molecule has 1 aromatic carbocycles. The molecular formula is C15H13N3O2S. The van der Waals surface area contributed by atoms with Gasteiger partial charge in [-0.25, -0.2) is 5.01 Å². The Morgan fingerprint density at radius 3 is 2.62 bits per heavy atom. The van der Waals surface area contributed by atoms with Gasteiger partial charge >= 0.3 is 0 Å². The highest BCUT2D eigenvalue weighted by atomic mass is 32.1. The van der Waals surface area contributed by atoms with Crippen LogP contribution >= 0.6 is 11.3 Å². The standard InChI is InChI=1S/C15H13N3O2S/c1-11-7-8-13(21-11)15(20)17-10-16-18(14(17)9-19)12-5-3-2-4-6-12/h2-10,14H,1H3. The number of nitrogens with zero attached hydrogens (tertiary/aromatic N) is 3. The summed E-state index contributed by atoms with van der Waals surface area (Å²) < 4.78 is 0. The van der Waals surface area contributed by atoms with E-state index < -0.39 is 6.17 Å². The first kappa shape index (κ1) is 13.5. The third-order valence-corrected chi connectivity index (χ3v) is 4.15. The molecule has 0 saturated carbocycles. The van der Waals surface area contributed by atoms with Crippen molar-refractivity contribution in [3.05, 3.63) is 52.2 Å². The third kappa shape index (κ3) is 2.45. The minimum absolute atomic E-state index is 0.215. The van der Waals surface area contributed by atoms with E-state index in [4.69, 9.17) is 0 Å². The lowest BCUT2D eigenvalue weighted by Gasteiger charge is -2.24. The van der Waals surface area contributed by atoms with E-state index in [1.807, 2.05) is 43.3 Å². The number of aryl methyl sites for hydroxylation is 1. The summed E-state index contributed by atoms with van der Waals surface area (Å²) >= 11 is 1.40. The fourth-order valence-corrected chi connectivity index (χ4v) is 2.95. The molecule has 1 atom stereocenters. The normalized spacial score (nSPS) is 17.3. The molecule has 0 aliphatic carbocycles. The summed E-state index contributed by atoms with van der Waals surface area (Å²) in [5, 5.41) is 5.71. The zero-order valence-electron chi connectivity index (χ0n) is 11.3. The Morgan fingerprint density at radius 1 is 1.24 bits per heavy atom. The fraction of sp³-hybridized carbons (Fsp3) is 0.133. The van der Waals surface area contributed by atoms with Gasteiger partial charge in [0.2, 0.25) is 0 Å². The SMILES string of the molecule is Cc1ccc(C(=O)N2C=NN(c3ccccc3)C2C=O)s1. The molecule has 1 amide bonds. The summed E-state index contributed by atoms with van der Waals surface area (Å²) in [5.41, 5.74) is 0.767. The van der Waals surface area contributed by atoms with Gasteiger partial charge in [-0.05, 0) is 31.2 Å². The topological polar surface area (TPSA) is 53.0 Å². The minimum Gasteiger partial charge on any atom is -0.299 e. The second-order valence-electron chi connectivity index (χ2n) is 4.58. The molecule has 5 nitrogen and oxygen atoms in total. The number of para-hydroxylation sites is 1. The molecule has 6 heteroatoms. The molecule has 0 saturated heterocycles. The zero-order chi connectivity index (χ0) is 14.8. The van der Waals surface area contributed by atoms with Crippen LogP contribution in [-0.4, -0.2) is 29.6 Å². The van der Waals surface area contributed by atoms with Crippen molar-refractivity contribution in [2.24, 2.45) is 5.10 Å². The van der Waals surface area contributed by atoms with E-state index in [9.17, 15) is 9.59 Å². The molecule has 21 heavy (non-hydrogen) atoms. The molecule has 1 aromatic heterocycles. The Morgan fingerprint density at radius 2 is 2.00 bits per heavy atom. The largest absolute Gasteiger partial charge is 0.299 e. The van der Waals surface area contributed by atoms with Crippen LogP contribution in [0.4, 0.5) is 5.69 Å². The lowest BCUT2D eigenvalue weighted by molar-refractivity contribution is -0.110. The maximum atomic E-state index is 12.5. The Bertz CT molecular complexity index is 696. The van der Waals surface area contributed by atoms with E-state index in [0.717, 1.165) is 16.9 Å². The van der Waals surface area contributed by atoms with Crippen molar-refractivity contribution in [3.63, 3.8) is 0 Å². The minimum atomic E-state index is -0.748. The Labute approximate surface area is 126 Å². The number of aldehydes is 1. The van der Waals surface area contributed by atoms with Crippen LogP contribution in [0, 0.1) is 6.92 Å². The molecule has 0 radical (unpaired) electrons. The monoisotopic (exact) mass is 299 g/mol. The molecule has 1 aliphatic rings. The quantitative estimate of drug-likeness (QED) is 0.818. The molecule has 106 valence electrons. The number of benzene rings is 1. The van der Waals surface area contributed by atoms with E-state index in [2.05, 4.69) is 5.10 Å². The van der Waals surface area contributed by atoms with Gasteiger partial charge < -0.3 is 0 Å². The van der Waals surface area contributed by atoms with Crippen LogP contribution in [0.2, 0.25) is 0 Å². The predicted molar refractivity (Wildman–Crippen MR) is 82.5 cm³/mol. The number of rotatable bonds is 3. The lowest BCUT2D eigenvalue weighted by atomic mass is 10.3. The summed E-state index contributed by atoms with van der Waals surface area (Å²) in [7, 11) is 0. The highest BCUT2D eigenvalue weighted by molar-refractivity contribution is 7.14. The van der Waals surface area contributed by atoms with Gasteiger partial charge in [-0.15, -0.1) is 11.3 Å². The molecule has 2 heterocycles. The van der Waals surface area contributed by atoms with E-state index >= 15 is 0 Å². The highest BCUT2D eigenvalue weighted by Gasteiger charge is 2.33. The van der Waals surface area contributed by atoms with Gasteiger partial charge in [0.25, 0.3) is 5.91 Å². The number of hydrogen-bond acceptors (Lipinski definition) is 5. The molecule has 0 fully saturated rings. The predicted octanol–water partition coefficient (Wildman–Crippen LogP) is 2.49. The highest BCUT2D eigenvalue weighted by Crippen LogP contribution is 2.24. The van der Waals surface area contributed by atoms with Crippen LogP contribution < -0.4 is 5.01 Å². The molecule has 0 N–H and O–H groups in total. The van der Waals surface area contributed by atoms with E-state index in [0.29, 0.717) is 4.88 Å². The number of hydrogen-bond donors (Lipinski definition) is 0. The van der Waals surface area contributed by atoms with E-state index in [1.54, 1.807) is 6.07 Å². The van der Waals surface area contributed by atoms with Crippen molar-refractivity contribution >= 4 is 35.6 Å². The summed E-state index contributed by atoms with van der Waals surface area (Å²) in [6, 6.07) is 12.9. The second kappa shape index (κ2) is 5.49. The first-order chi connectivity index (χ1) is 10.2. The average Bonchev–Trinajstić information content (AvgIpc) is 3.13. The van der Waals surface area contributed by atoms with E-state index in [-0.39, 0.29) is 5.91 Å². The van der Waals surface area contributed by atoms with Crippen molar-refractivity contribution in [3.8, 4) is 0 Å². The number of anilines is 1. The number of hydrazone groups is 1. The van der Waals surface area contributed by atoms with Crippen LogP contribution in [-0.2, 0) is 4.79 Å². The molecule has 0 bridgehead atoms. The summed E-state index contributed by atoms with van der Waals surface area (Å²) in [6.07, 6.45) is 1.38. The van der Waals surface area contributed by atoms with Gasteiger partial charge in [0, 0.05) is 4.88 Å². The zero-order valence-corrected chi connectivity index (χ0v) is 12.2. The molecular weight excluding hydrogens is 286 g/mol. The number of carbonyl (C=O) groups is 2. The molecule has 1 unspecified atom stereocenters. The van der Waals surface area contributed by atoms with Crippen LogP contribution in [0.25, 0.3) is 0 Å². The molecule has 1 aliphatic heterocycles. The van der Waals surface area contributed by atoms with Crippen LogP contribution in [0.1, 0.15) is 14.5 Å². The number of thiophene rings is 1. The number of amides is 1. The van der Waals surface area contributed by atoms with Crippen LogP contribution in [0.15, 0.2) is 47.6 Å². The lowest BCUT2D eigenvalue weighted by Crippen LogP contribution is -2.44. The Kier molecular flexibility index (Phi) is 3.53. The van der Waals surface area contributed by atoms with Crippen molar-refractivity contribution in [1.29, 1.82) is 0 Å². The smallest absolute Gasteiger partial charge is 0.271 e. The van der Waals surface area contributed by atoms with E-state index in [1.165, 1.54) is 27.6 Å². The summed E-state index contributed by atoms with van der Waals surface area (Å²) in [6.45, 7) is 1.94. The van der Waals surface area contributed by atoms with Gasteiger partial charge in [-0.1, -0.05) is 18.2 Å². The maximum absolute atomic E-state index is 12.5. The Hall–Kier alpha value is -2.47. The molecule has 2 aromatic rings. The summed E-state index contributed by atoms with van der Waals surface area (Å²) in [5.74, 6) is -0.215. The fourth-order valence-electron chi connectivity index (χ4n) is 2.14. The third-order valence-electron chi connectivity index (χ3n) is 3.16. The Balaban J connectivity index is 1.87. The van der Waals surface area contributed by atoms with Gasteiger partial charge in [-0.3, -0.25) is 14.5 Å². The van der Waals surface area contributed by atoms with Crippen molar-refractivity contribution < 1.29 is 9.59 Å². The van der Waals surface area contributed by atoms with Crippen LogP contribution in [0.5, 0.6) is 0 Å². The van der Waals surface area contributed by atoms with Gasteiger partial charge in [0.05, 0.1) is 10.6 Å². The first-order valence-corrected chi connectivity index (χ1v) is 7.25. The first-order valence-electron chi connectivity index (χ1n) is 6.43. The second-order valence-corrected chi connectivity index (χ2v) is 5.87. The van der Waals surface area contributed by atoms with Crippen molar-refractivity contribution in [1.82, 2.24) is 4.90 Å². The van der Waals surface area contributed by atoms with Crippen LogP contribution in [0.3, 0.4) is 0 Å². The van der Waals surface area contributed by atoms with Gasteiger partial charge in [-0.2, -0.15) is 5.10 Å². The van der Waals surface area contributed by atoms with Crippen molar-refractivity contribution in [2.75, 3.05) is 5.01 Å².